The average molecular weight is 413 g/mol. The molecule has 0 heterocycles. The number of rotatable bonds is 5. The van der Waals surface area contributed by atoms with Gasteiger partial charge >= 0.3 is 0 Å². The van der Waals surface area contributed by atoms with Gasteiger partial charge in [-0.2, -0.15) is 0 Å². The normalized spacial score (nSPS) is 13.8. The molecule has 1 atom stereocenters. The highest BCUT2D eigenvalue weighted by atomic mass is 79.9. The molecule has 1 aromatic carbocycles. The van der Waals surface area contributed by atoms with Gasteiger partial charge in [0.1, 0.15) is 0 Å². The van der Waals surface area contributed by atoms with Crippen LogP contribution >= 0.6 is 31.9 Å². The first-order valence-corrected chi connectivity index (χ1v) is 9.17. The fourth-order valence-electron chi connectivity index (χ4n) is 1.39. The van der Waals surface area contributed by atoms with Gasteiger partial charge in [-0.25, -0.2) is 13.1 Å². The molecule has 1 unspecified atom stereocenters. The topological polar surface area (TPSA) is 46.2 Å². The Morgan fingerprint density at radius 1 is 1.16 bits per heavy atom. The molecule has 0 aliphatic rings. The second kappa shape index (κ2) is 6.70. The summed E-state index contributed by atoms with van der Waals surface area (Å²) in [6.45, 7) is 8.55. The lowest BCUT2D eigenvalue weighted by Crippen LogP contribution is -2.30. The Bertz CT molecular complexity index is 556. The van der Waals surface area contributed by atoms with Gasteiger partial charge in [-0.05, 0) is 52.4 Å². The Labute approximate surface area is 132 Å². The summed E-state index contributed by atoms with van der Waals surface area (Å²) in [5.74, 6) is 0.735. The fourth-order valence-corrected chi connectivity index (χ4v) is 4.21. The van der Waals surface area contributed by atoms with Crippen LogP contribution in [-0.4, -0.2) is 15.0 Å². The monoisotopic (exact) mass is 411 g/mol. The molecular formula is C13H19Br2NO2S. The smallest absolute Gasteiger partial charge is 0.211 e. The highest BCUT2D eigenvalue weighted by Crippen LogP contribution is 2.28. The van der Waals surface area contributed by atoms with E-state index >= 15 is 0 Å². The second-order valence-corrected chi connectivity index (χ2v) is 8.55. The maximum Gasteiger partial charge on any atom is 0.241 e. The third-order valence-electron chi connectivity index (χ3n) is 3.24. The van der Waals surface area contributed by atoms with Crippen LogP contribution in [0.25, 0.3) is 0 Å². The van der Waals surface area contributed by atoms with Crippen LogP contribution in [0, 0.1) is 18.8 Å². The quantitative estimate of drug-likeness (QED) is 0.791. The number of nitrogens with one attached hydrogen (secondary N) is 1. The standard InChI is InChI=1S/C13H19Br2NO2S/c1-8(2)10(4)7-16-19(17,18)13-6-11(14)9(3)5-12(13)15/h5-6,8,10,16H,7H2,1-4H3. The summed E-state index contributed by atoms with van der Waals surface area (Å²) in [4.78, 5) is 0.265. The lowest BCUT2D eigenvalue weighted by atomic mass is 9.99. The first-order valence-electron chi connectivity index (χ1n) is 6.10. The Kier molecular flexibility index (Phi) is 6.04. The van der Waals surface area contributed by atoms with Crippen molar-refractivity contribution < 1.29 is 8.42 Å². The molecule has 0 aromatic heterocycles. The van der Waals surface area contributed by atoms with Crippen LogP contribution in [0.1, 0.15) is 26.3 Å². The lowest BCUT2D eigenvalue weighted by Gasteiger charge is -2.17. The zero-order valence-corrected chi connectivity index (χ0v) is 15.5. The van der Waals surface area contributed by atoms with E-state index in [1.54, 1.807) is 12.1 Å². The van der Waals surface area contributed by atoms with E-state index in [-0.39, 0.29) is 4.90 Å². The molecule has 0 amide bonds. The van der Waals surface area contributed by atoms with Gasteiger partial charge in [-0.1, -0.05) is 36.7 Å². The van der Waals surface area contributed by atoms with E-state index < -0.39 is 10.0 Å². The van der Waals surface area contributed by atoms with Crippen molar-refractivity contribution in [2.75, 3.05) is 6.54 Å². The molecule has 0 fully saturated rings. The average Bonchev–Trinajstić information content (AvgIpc) is 2.30. The van der Waals surface area contributed by atoms with E-state index in [4.69, 9.17) is 0 Å². The van der Waals surface area contributed by atoms with Crippen LogP contribution in [0.3, 0.4) is 0 Å². The Hall–Kier alpha value is 0.0900. The van der Waals surface area contributed by atoms with Crippen LogP contribution in [-0.2, 0) is 10.0 Å². The van der Waals surface area contributed by atoms with Crippen molar-refractivity contribution in [2.45, 2.75) is 32.6 Å². The lowest BCUT2D eigenvalue weighted by molar-refractivity contribution is 0.414. The molecule has 0 aliphatic carbocycles. The van der Waals surface area contributed by atoms with Crippen molar-refractivity contribution in [3.8, 4) is 0 Å². The Morgan fingerprint density at radius 2 is 1.74 bits per heavy atom. The summed E-state index contributed by atoms with van der Waals surface area (Å²) in [6.07, 6.45) is 0. The van der Waals surface area contributed by atoms with Gasteiger partial charge in [0, 0.05) is 15.5 Å². The van der Waals surface area contributed by atoms with E-state index in [1.807, 2.05) is 13.8 Å². The summed E-state index contributed by atoms with van der Waals surface area (Å²) in [7, 11) is -3.49. The highest BCUT2D eigenvalue weighted by Gasteiger charge is 2.20. The van der Waals surface area contributed by atoms with Crippen molar-refractivity contribution in [1.82, 2.24) is 4.72 Å². The minimum Gasteiger partial charge on any atom is -0.211 e. The number of hydrogen-bond donors (Lipinski definition) is 1. The van der Waals surface area contributed by atoms with E-state index in [1.165, 1.54) is 0 Å². The molecule has 0 saturated carbocycles. The predicted molar refractivity (Wildman–Crippen MR) is 85.8 cm³/mol. The summed E-state index contributed by atoms with van der Waals surface area (Å²) in [5, 5.41) is 0. The molecule has 0 bridgehead atoms. The van der Waals surface area contributed by atoms with Crippen LogP contribution < -0.4 is 4.72 Å². The summed E-state index contributed by atoms with van der Waals surface area (Å²) < 4.78 is 28.6. The van der Waals surface area contributed by atoms with Crippen LogP contribution in [0.5, 0.6) is 0 Å². The molecule has 19 heavy (non-hydrogen) atoms. The van der Waals surface area contributed by atoms with E-state index in [0.717, 1.165) is 10.0 Å². The van der Waals surface area contributed by atoms with Gasteiger partial charge in [0.05, 0.1) is 4.90 Å². The number of sulfonamides is 1. The van der Waals surface area contributed by atoms with Crippen molar-refractivity contribution in [2.24, 2.45) is 11.8 Å². The van der Waals surface area contributed by atoms with Gasteiger partial charge in [0.25, 0.3) is 0 Å². The van der Waals surface area contributed by atoms with Crippen molar-refractivity contribution in [3.63, 3.8) is 0 Å². The summed E-state index contributed by atoms with van der Waals surface area (Å²) >= 11 is 6.68. The molecule has 1 aromatic rings. The van der Waals surface area contributed by atoms with Gasteiger partial charge in [0.2, 0.25) is 10.0 Å². The van der Waals surface area contributed by atoms with Crippen LogP contribution in [0.2, 0.25) is 0 Å². The largest absolute Gasteiger partial charge is 0.241 e. The zero-order valence-electron chi connectivity index (χ0n) is 11.5. The van der Waals surface area contributed by atoms with Gasteiger partial charge < -0.3 is 0 Å². The zero-order chi connectivity index (χ0) is 14.8. The molecule has 1 rings (SSSR count). The van der Waals surface area contributed by atoms with Crippen molar-refractivity contribution in [1.29, 1.82) is 0 Å². The molecule has 6 heteroatoms. The molecule has 0 spiro atoms. The Morgan fingerprint density at radius 3 is 2.26 bits per heavy atom. The molecule has 108 valence electrons. The number of halogens is 2. The third kappa shape index (κ3) is 4.55. The van der Waals surface area contributed by atoms with Gasteiger partial charge in [-0.15, -0.1) is 0 Å². The molecule has 3 nitrogen and oxygen atoms in total. The van der Waals surface area contributed by atoms with E-state index in [9.17, 15) is 8.42 Å². The molecule has 0 aliphatic heterocycles. The summed E-state index contributed by atoms with van der Waals surface area (Å²) in [6, 6.07) is 3.42. The molecule has 0 radical (unpaired) electrons. The van der Waals surface area contributed by atoms with Crippen LogP contribution in [0.4, 0.5) is 0 Å². The molecular weight excluding hydrogens is 394 g/mol. The van der Waals surface area contributed by atoms with Crippen molar-refractivity contribution in [3.05, 3.63) is 26.6 Å². The maximum atomic E-state index is 12.3. The molecule has 1 N–H and O–H groups in total. The highest BCUT2D eigenvalue weighted by molar-refractivity contribution is 9.11. The number of hydrogen-bond acceptors (Lipinski definition) is 2. The fraction of sp³-hybridized carbons (Fsp3) is 0.538. The number of benzene rings is 1. The summed E-state index contributed by atoms with van der Waals surface area (Å²) in [5.41, 5.74) is 0.987. The van der Waals surface area contributed by atoms with Crippen molar-refractivity contribution >= 4 is 41.9 Å². The van der Waals surface area contributed by atoms with Crippen LogP contribution in [0.15, 0.2) is 26.0 Å². The first-order chi connectivity index (χ1) is 8.65. The Balaban J connectivity index is 2.98. The minimum absolute atomic E-state index is 0.265. The first kappa shape index (κ1) is 17.1. The molecule has 0 saturated heterocycles. The maximum absolute atomic E-state index is 12.3. The third-order valence-corrected chi connectivity index (χ3v) is 6.47. The predicted octanol–water partition coefficient (Wildman–Crippen LogP) is 4.09. The second-order valence-electron chi connectivity index (χ2n) is 5.11. The van der Waals surface area contributed by atoms with Gasteiger partial charge in [0.15, 0.2) is 0 Å². The van der Waals surface area contributed by atoms with Gasteiger partial charge in [-0.3, -0.25) is 0 Å². The minimum atomic E-state index is -3.49. The number of aryl methyl sites for hydroxylation is 1. The van der Waals surface area contributed by atoms with E-state index in [2.05, 4.69) is 50.4 Å². The SMILES string of the molecule is Cc1cc(Br)c(S(=O)(=O)NCC(C)C(C)C)cc1Br. The van der Waals surface area contributed by atoms with E-state index in [0.29, 0.717) is 22.9 Å².